The molecule has 0 spiro atoms. The number of amides is 1. The first-order valence-corrected chi connectivity index (χ1v) is 6.31. The number of aromatic nitrogens is 1. The SMILES string of the molecule is COc1cccc(Cl)c1CNC(=O)c1ncccc1N. The lowest BCUT2D eigenvalue weighted by Crippen LogP contribution is -2.25. The molecule has 2 aromatic rings. The molecule has 20 heavy (non-hydrogen) atoms. The lowest BCUT2D eigenvalue weighted by Gasteiger charge is -2.11. The number of pyridine rings is 1. The van der Waals surface area contributed by atoms with Crippen LogP contribution in [0.2, 0.25) is 5.02 Å². The molecule has 1 amide bonds. The molecule has 0 saturated carbocycles. The lowest BCUT2D eigenvalue weighted by atomic mass is 10.2. The molecular formula is C14H14ClN3O2. The third-order valence-electron chi connectivity index (χ3n) is 2.78. The van der Waals surface area contributed by atoms with Crippen molar-refractivity contribution in [2.45, 2.75) is 6.54 Å². The molecule has 0 aliphatic rings. The number of anilines is 1. The Kier molecular flexibility index (Phi) is 4.42. The maximum atomic E-state index is 12.0. The first-order valence-electron chi connectivity index (χ1n) is 5.93. The molecule has 0 bridgehead atoms. The van der Waals surface area contributed by atoms with Gasteiger partial charge in [0.2, 0.25) is 0 Å². The van der Waals surface area contributed by atoms with Gasteiger partial charge in [-0.25, -0.2) is 4.98 Å². The van der Waals surface area contributed by atoms with E-state index in [-0.39, 0.29) is 18.1 Å². The number of carbonyl (C=O) groups is 1. The van der Waals surface area contributed by atoms with Gasteiger partial charge in [0.15, 0.2) is 5.69 Å². The van der Waals surface area contributed by atoms with Gasteiger partial charge in [-0.15, -0.1) is 0 Å². The van der Waals surface area contributed by atoms with Crippen LogP contribution < -0.4 is 15.8 Å². The predicted molar refractivity (Wildman–Crippen MR) is 77.8 cm³/mol. The molecule has 104 valence electrons. The number of nitrogens with two attached hydrogens (primary N) is 1. The molecule has 0 unspecified atom stereocenters. The third kappa shape index (κ3) is 3.00. The van der Waals surface area contributed by atoms with Crippen LogP contribution in [0.15, 0.2) is 36.5 Å². The summed E-state index contributed by atoms with van der Waals surface area (Å²) in [4.78, 5) is 16.0. The van der Waals surface area contributed by atoms with Crippen LogP contribution >= 0.6 is 11.6 Å². The molecule has 1 aromatic carbocycles. The van der Waals surface area contributed by atoms with Gasteiger partial charge in [-0.1, -0.05) is 17.7 Å². The Morgan fingerprint density at radius 2 is 2.20 bits per heavy atom. The summed E-state index contributed by atoms with van der Waals surface area (Å²) in [7, 11) is 1.55. The van der Waals surface area contributed by atoms with E-state index in [4.69, 9.17) is 22.1 Å². The number of halogens is 1. The van der Waals surface area contributed by atoms with Crippen LogP contribution in [0, 0.1) is 0 Å². The van der Waals surface area contributed by atoms with E-state index in [9.17, 15) is 4.79 Å². The number of methoxy groups -OCH3 is 1. The zero-order valence-electron chi connectivity index (χ0n) is 10.9. The minimum atomic E-state index is -0.356. The Balaban J connectivity index is 2.14. The first kappa shape index (κ1) is 14.1. The molecule has 1 aromatic heterocycles. The van der Waals surface area contributed by atoms with Crippen molar-refractivity contribution in [2.24, 2.45) is 0 Å². The average Bonchev–Trinajstić information content (AvgIpc) is 2.46. The normalized spacial score (nSPS) is 10.1. The van der Waals surface area contributed by atoms with Crippen molar-refractivity contribution in [2.75, 3.05) is 12.8 Å². The highest BCUT2D eigenvalue weighted by Crippen LogP contribution is 2.26. The molecule has 5 nitrogen and oxygen atoms in total. The lowest BCUT2D eigenvalue weighted by molar-refractivity contribution is 0.0946. The summed E-state index contributed by atoms with van der Waals surface area (Å²) < 4.78 is 5.21. The zero-order chi connectivity index (χ0) is 14.5. The summed E-state index contributed by atoms with van der Waals surface area (Å²) >= 11 is 6.10. The van der Waals surface area contributed by atoms with E-state index < -0.39 is 0 Å². The van der Waals surface area contributed by atoms with Gasteiger partial charge >= 0.3 is 0 Å². The first-order chi connectivity index (χ1) is 9.63. The highest BCUT2D eigenvalue weighted by atomic mass is 35.5. The fourth-order valence-electron chi connectivity index (χ4n) is 1.76. The quantitative estimate of drug-likeness (QED) is 0.906. The molecule has 6 heteroatoms. The second-order valence-electron chi connectivity index (χ2n) is 4.04. The summed E-state index contributed by atoms with van der Waals surface area (Å²) in [6, 6.07) is 8.59. The number of benzene rings is 1. The van der Waals surface area contributed by atoms with E-state index in [1.807, 2.05) is 0 Å². The van der Waals surface area contributed by atoms with Gasteiger partial charge in [0, 0.05) is 23.3 Å². The van der Waals surface area contributed by atoms with E-state index >= 15 is 0 Å². The number of nitrogen functional groups attached to an aromatic ring is 1. The topological polar surface area (TPSA) is 77.2 Å². The van der Waals surface area contributed by atoms with Crippen LogP contribution in [0.4, 0.5) is 5.69 Å². The van der Waals surface area contributed by atoms with Crippen LogP contribution in [0.1, 0.15) is 16.1 Å². The van der Waals surface area contributed by atoms with Gasteiger partial charge < -0.3 is 15.8 Å². The van der Waals surface area contributed by atoms with Crippen LogP contribution in [0.25, 0.3) is 0 Å². The highest BCUT2D eigenvalue weighted by molar-refractivity contribution is 6.31. The number of carbonyl (C=O) groups excluding carboxylic acids is 1. The predicted octanol–water partition coefficient (Wildman–Crippen LogP) is 2.26. The summed E-state index contributed by atoms with van der Waals surface area (Å²) in [6.07, 6.45) is 1.52. The van der Waals surface area contributed by atoms with Gasteiger partial charge in [0.25, 0.3) is 5.91 Å². The standard InChI is InChI=1S/C14H14ClN3O2/c1-20-12-6-2-4-10(15)9(12)8-18-14(19)13-11(16)5-3-7-17-13/h2-7H,8,16H2,1H3,(H,18,19). The molecular weight excluding hydrogens is 278 g/mol. The van der Waals surface area contributed by atoms with Crippen LogP contribution in [0.3, 0.4) is 0 Å². The number of nitrogens with one attached hydrogen (secondary N) is 1. The minimum absolute atomic E-state index is 0.193. The summed E-state index contributed by atoms with van der Waals surface area (Å²) in [5.74, 6) is 0.261. The highest BCUT2D eigenvalue weighted by Gasteiger charge is 2.13. The van der Waals surface area contributed by atoms with Crippen molar-refractivity contribution in [3.63, 3.8) is 0 Å². The molecule has 0 fully saturated rings. The van der Waals surface area contributed by atoms with E-state index in [1.165, 1.54) is 6.20 Å². The molecule has 0 aliphatic carbocycles. The largest absolute Gasteiger partial charge is 0.496 e. The van der Waals surface area contributed by atoms with Crippen LogP contribution in [-0.2, 0) is 6.54 Å². The van der Waals surface area contributed by atoms with Crippen LogP contribution in [0.5, 0.6) is 5.75 Å². The molecule has 1 heterocycles. The fraction of sp³-hybridized carbons (Fsp3) is 0.143. The van der Waals surface area contributed by atoms with Crippen molar-refractivity contribution in [1.29, 1.82) is 0 Å². The third-order valence-corrected chi connectivity index (χ3v) is 3.13. The number of hydrogen-bond donors (Lipinski definition) is 2. The number of hydrogen-bond acceptors (Lipinski definition) is 4. The van der Waals surface area contributed by atoms with E-state index in [0.29, 0.717) is 22.0 Å². The van der Waals surface area contributed by atoms with Gasteiger partial charge in [-0.05, 0) is 24.3 Å². The van der Waals surface area contributed by atoms with Gasteiger partial charge in [0.05, 0.1) is 12.8 Å². The maximum absolute atomic E-state index is 12.0. The van der Waals surface area contributed by atoms with Gasteiger partial charge in [-0.2, -0.15) is 0 Å². The summed E-state index contributed by atoms with van der Waals surface area (Å²) in [6.45, 7) is 0.234. The van der Waals surface area contributed by atoms with Crippen molar-refractivity contribution in [3.05, 3.63) is 52.8 Å². The summed E-state index contributed by atoms with van der Waals surface area (Å²) in [5.41, 5.74) is 6.93. The van der Waals surface area contributed by atoms with E-state index in [0.717, 1.165) is 0 Å². The Bertz CT molecular complexity index is 632. The molecule has 0 saturated heterocycles. The van der Waals surface area contributed by atoms with E-state index in [2.05, 4.69) is 10.3 Å². The van der Waals surface area contributed by atoms with E-state index in [1.54, 1.807) is 37.4 Å². The van der Waals surface area contributed by atoms with Crippen LogP contribution in [-0.4, -0.2) is 18.0 Å². The number of ether oxygens (including phenoxy) is 1. The number of nitrogens with zero attached hydrogens (tertiary/aromatic N) is 1. The molecule has 2 rings (SSSR count). The fourth-order valence-corrected chi connectivity index (χ4v) is 1.99. The second-order valence-corrected chi connectivity index (χ2v) is 4.45. The van der Waals surface area contributed by atoms with Gasteiger partial charge in [-0.3, -0.25) is 4.79 Å². The monoisotopic (exact) mass is 291 g/mol. The summed E-state index contributed by atoms with van der Waals surface area (Å²) in [5, 5.41) is 3.25. The Hall–Kier alpha value is -2.27. The smallest absolute Gasteiger partial charge is 0.272 e. The Labute approximate surface area is 121 Å². The maximum Gasteiger partial charge on any atom is 0.272 e. The molecule has 0 aliphatic heterocycles. The Morgan fingerprint density at radius 1 is 1.40 bits per heavy atom. The van der Waals surface area contributed by atoms with Gasteiger partial charge in [0.1, 0.15) is 5.75 Å². The van der Waals surface area contributed by atoms with Crippen molar-refractivity contribution in [1.82, 2.24) is 10.3 Å². The second kappa shape index (κ2) is 6.25. The molecule has 0 radical (unpaired) electrons. The van der Waals surface area contributed by atoms with Crippen molar-refractivity contribution in [3.8, 4) is 5.75 Å². The zero-order valence-corrected chi connectivity index (χ0v) is 11.6. The minimum Gasteiger partial charge on any atom is -0.496 e. The van der Waals surface area contributed by atoms with Crippen molar-refractivity contribution < 1.29 is 9.53 Å². The number of rotatable bonds is 4. The van der Waals surface area contributed by atoms with Crippen molar-refractivity contribution >= 4 is 23.2 Å². The molecule has 3 N–H and O–H groups in total. The average molecular weight is 292 g/mol. The molecule has 0 atom stereocenters. The Morgan fingerprint density at radius 3 is 2.90 bits per heavy atom.